The van der Waals surface area contributed by atoms with Crippen molar-refractivity contribution in [1.82, 2.24) is 20.5 Å². The molecule has 4 aromatic carbocycles. The van der Waals surface area contributed by atoms with Crippen LogP contribution in [0.2, 0.25) is 0 Å². The lowest BCUT2D eigenvalue weighted by Crippen LogP contribution is -2.49. The summed E-state index contributed by atoms with van der Waals surface area (Å²) in [7, 11) is 2.29. The van der Waals surface area contributed by atoms with Gasteiger partial charge >= 0.3 is 0 Å². The van der Waals surface area contributed by atoms with Gasteiger partial charge in [-0.1, -0.05) is 44.5 Å². The zero-order valence-electron chi connectivity index (χ0n) is 34.4. The summed E-state index contributed by atoms with van der Waals surface area (Å²) >= 11 is 0. The lowest BCUT2D eigenvalue weighted by Gasteiger charge is -2.20. The monoisotopic (exact) mass is 857 g/mol. The zero-order chi connectivity index (χ0) is 43.9. The number of carbonyl (C=O) groups is 7. The van der Waals surface area contributed by atoms with Crippen molar-refractivity contribution in [2.24, 2.45) is 5.92 Å². The van der Waals surface area contributed by atoms with Crippen LogP contribution in [0.3, 0.4) is 0 Å². The molecule has 0 spiro atoms. The Hall–Kier alpha value is -6.86. The SMILES string of the molecule is CC(C)CC(NC(=O)CCCCCN1C(=O)C=CC1=O)C(=O)NCC(=O)Nc1ccc(C(=O)Nc2ccc3[nH]c(C(=O)N4CCc5c4cc(OP)c4ccccc54)cc3c2)cc1. The highest BCUT2D eigenvalue weighted by Crippen LogP contribution is 2.41. The molecule has 0 radical (unpaired) electrons. The third kappa shape index (κ3) is 10.0. The summed E-state index contributed by atoms with van der Waals surface area (Å²) in [5.74, 6) is -1.74. The highest BCUT2D eigenvalue weighted by Gasteiger charge is 2.30. The van der Waals surface area contributed by atoms with Gasteiger partial charge in [-0.25, -0.2) is 0 Å². The molecule has 5 N–H and O–H groups in total. The highest BCUT2D eigenvalue weighted by atomic mass is 31.0. The number of amides is 7. The van der Waals surface area contributed by atoms with E-state index in [1.54, 1.807) is 53.4 Å². The number of benzene rings is 4. The van der Waals surface area contributed by atoms with Gasteiger partial charge in [0.1, 0.15) is 17.5 Å². The van der Waals surface area contributed by atoms with Crippen LogP contribution in [0, 0.1) is 5.92 Å². The van der Waals surface area contributed by atoms with E-state index in [1.807, 2.05) is 44.2 Å². The van der Waals surface area contributed by atoms with E-state index in [0.717, 1.165) is 44.2 Å². The summed E-state index contributed by atoms with van der Waals surface area (Å²) in [5, 5.41) is 13.8. The van der Waals surface area contributed by atoms with Crippen LogP contribution >= 0.6 is 9.47 Å². The molecule has 7 amide bonds. The second kappa shape index (κ2) is 19.2. The van der Waals surface area contributed by atoms with Crippen molar-refractivity contribution in [2.75, 3.05) is 35.2 Å². The van der Waals surface area contributed by atoms with Gasteiger partial charge in [-0.05, 0) is 91.1 Å². The number of fused-ring (bicyclic) bond motifs is 4. The van der Waals surface area contributed by atoms with Crippen LogP contribution in [0.25, 0.3) is 21.7 Å². The van der Waals surface area contributed by atoms with Crippen molar-refractivity contribution in [1.29, 1.82) is 0 Å². The molecule has 0 fully saturated rings. The molecular weight excluding hydrogens is 810 g/mol. The fourth-order valence-electron chi connectivity index (χ4n) is 7.77. The quantitative estimate of drug-likeness (QED) is 0.0425. The Morgan fingerprint density at radius 3 is 2.27 bits per heavy atom. The van der Waals surface area contributed by atoms with Gasteiger partial charge in [0.05, 0.1) is 21.7 Å². The van der Waals surface area contributed by atoms with Crippen molar-refractivity contribution in [3.63, 3.8) is 0 Å². The van der Waals surface area contributed by atoms with E-state index in [-0.39, 0.29) is 55.0 Å². The Labute approximate surface area is 360 Å². The van der Waals surface area contributed by atoms with E-state index in [9.17, 15) is 33.6 Å². The summed E-state index contributed by atoms with van der Waals surface area (Å²) in [5.41, 5.74) is 4.37. The number of nitrogens with one attached hydrogen (secondary N) is 5. The number of carbonyl (C=O) groups excluding carboxylic acids is 7. The van der Waals surface area contributed by atoms with Crippen LogP contribution in [-0.4, -0.2) is 76.9 Å². The highest BCUT2D eigenvalue weighted by molar-refractivity contribution is 7.10. The van der Waals surface area contributed by atoms with E-state index in [2.05, 4.69) is 35.7 Å². The Morgan fingerprint density at radius 1 is 0.823 bits per heavy atom. The smallest absolute Gasteiger partial charge is 0.274 e. The van der Waals surface area contributed by atoms with Gasteiger partial charge in [0.25, 0.3) is 23.6 Å². The van der Waals surface area contributed by atoms with Crippen molar-refractivity contribution in [3.05, 3.63) is 108 Å². The minimum Gasteiger partial charge on any atom is -0.480 e. The molecule has 0 saturated heterocycles. The molecule has 2 atom stereocenters. The fraction of sp³-hybridized carbons (Fsp3) is 0.283. The minimum atomic E-state index is -0.833. The number of hydrogen-bond acceptors (Lipinski definition) is 8. The molecule has 1 aromatic heterocycles. The Morgan fingerprint density at radius 2 is 1.55 bits per heavy atom. The Balaban J connectivity index is 0.875. The molecule has 62 heavy (non-hydrogen) atoms. The van der Waals surface area contributed by atoms with Crippen molar-refractivity contribution < 1.29 is 38.1 Å². The lowest BCUT2D eigenvalue weighted by molar-refractivity contribution is -0.137. The molecule has 15 nitrogen and oxygen atoms in total. The van der Waals surface area contributed by atoms with Gasteiger partial charge < -0.3 is 35.7 Å². The van der Waals surface area contributed by atoms with E-state index >= 15 is 0 Å². The molecule has 320 valence electrons. The predicted molar refractivity (Wildman–Crippen MR) is 240 cm³/mol. The first-order valence-electron chi connectivity index (χ1n) is 20.6. The summed E-state index contributed by atoms with van der Waals surface area (Å²) in [6.07, 6.45) is 5.45. The number of hydrogen-bond donors (Lipinski definition) is 5. The zero-order valence-corrected chi connectivity index (χ0v) is 35.6. The molecule has 3 heterocycles. The molecule has 16 heteroatoms. The molecule has 0 bridgehead atoms. The van der Waals surface area contributed by atoms with Crippen LogP contribution in [0.15, 0.2) is 91.0 Å². The van der Waals surface area contributed by atoms with Gasteiger partial charge in [0.2, 0.25) is 17.7 Å². The molecular formula is C46H48N7O8P. The number of unbranched alkanes of at least 4 members (excludes halogenated alkanes) is 2. The number of imide groups is 1. The lowest BCUT2D eigenvalue weighted by atomic mass is 10.0. The first-order chi connectivity index (χ1) is 29.9. The molecule has 0 saturated carbocycles. The van der Waals surface area contributed by atoms with E-state index < -0.39 is 17.9 Å². The maximum atomic E-state index is 13.8. The molecule has 2 unspecified atom stereocenters. The molecule has 7 rings (SSSR count). The maximum Gasteiger partial charge on any atom is 0.274 e. The van der Waals surface area contributed by atoms with Crippen LogP contribution in [0.1, 0.15) is 72.4 Å². The van der Waals surface area contributed by atoms with Crippen LogP contribution in [0.4, 0.5) is 17.1 Å². The third-order valence-corrected chi connectivity index (χ3v) is 11.1. The van der Waals surface area contributed by atoms with Gasteiger partial charge in [0.15, 0.2) is 0 Å². The van der Waals surface area contributed by atoms with Crippen molar-refractivity contribution in [3.8, 4) is 5.75 Å². The number of aromatic amines is 1. The third-order valence-electron chi connectivity index (χ3n) is 10.9. The summed E-state index contributed by atoms with van der Waals surface area (Å²) in [6, 6.07) is 22.5. The van der Waals surface area contributed by atoms with Gasteiger partial charge in [-0.3, -0.25) is 38.5 Å². The van der Waals surface area contributed by atoms with Crippen LogP contribution in [-0.2, 0) is 30.4 Å². The first kappa shape index (κ1) is 43.2. The van der Waals surface area contributed by atoms with Crippen LogP contribution < -0.4 is 30.7 Å². The van der Waals surface area contributed by atoms with E-state index in [4.69, 9.17) is 4.52 Å². The summed E-state index contributed by atoms with van der Waals surface area (Å²) in [6.45, 7) is 4.34. The predicted octanol–water partition coefficient (Wildman–Crippen LogP) is 6.02. The van der Waals surface area contributed by atoms with E-state index in [0.29, 0.717) is 60.6 Å². The molecule has 0 aliphatic carbocycles. The fourth-order valence-corrected chi connectivity index (χ4v) is 7.97. The molecule has 5 aromatic rings. The average Bonchev–Trinajstić information content (AvgIpc) is 3.98. The summed E-state index contributed by atoms with van der Waals surface area (Å²) in [4.78, 5) is 95.0. The van der Waals surface area contributed by atoms with Crippen molar-refractivity contribution in [2.45, 2.75) is 58.4 Å². The minimum absolute atomic E-state index is 0.0888. The van der Waals surface area contributed by atoms with Gasteiger partial charge in [-0.2, -0.15) is 0 Å². The number of anilines is 3. The summed E-state index contributed by atoms with van der Waals surface area (Å²) < 4.78 is 5.58. The van der Waals surface area contributed by atoms with E-state index in [1.165, 1.54) is 12.2 Å². The number of aromatic nitrogens is 1. The molecule has 2 aliphatic rings. The standard InChI is InChI=1S/C46H48N7O8P/c1-27(2)22-36(51-40(54)10-4-3-7-20-53-42(56)17-18-43(53)57)45(59)47-26-41(55)48-30-13-11-28(12-14-30)44(58)49-31-15-16-35-29(23-31)24-37(50-35)46(60)52-21-19-33-32-8-5-6-9-34(32)39(61-62)25-38(33)52/h5-6,8-9,11-18,23-25,27,36,50H,3-4,7,10,19-22,26,62H2,1-2H3,(H,47,59)(H,48,55)(H,49,58)(H,51,54). The first-order valence-corrected chi connectivity index (χ1v) is 21.0. The second-order valence-corrected chi connectivity index (χ2v) is 16.0. The Bertz CT molecular complexity index is 2590. The average molecular weight is 858 g/mol. The largest absolute Gasteiger partial charge is 0.480 e. The normalized spacial score (nSPS) is 13.7. The maximum absolute atomic E-state index is 13.8. The Kier molecular flexibility index (Phi) is 13.4. The van der Waals surface area contributed by atoms with Crippen molar-refractivity contribution >= 4 is 89.6 Å². The van der Waals surface area contributed by atoms with Crippen LogP contribution in [0.5, 0.6) is 5.75 Å². The number of H-pyrrole nitrogens is 1. The number of rotatable bonds is 17. The topological polar surface area (TPSA) is 199 Å². The second-order valence-electron chi connectivity index (χ2n) is 15.7. The number of nitrogens with zero attached hydrogens (tertiary/aromatic N) is 2. The van der Waals surface area contributed by atoms with Gasteiger partial charge in [0, 0.05) is 71.0 Å². The van der Waals surface area contributed by atoms with Gasteiger partial charge in [-0.15, -0.1) is 0 Å². The molecule has 2 aliphatic heterocycles.